The molecule has 0 aliphatic rings. The maximum atomic E-state index is 8.66. The van der Waals surface area contributed by atoms with Crippen molar-refractivity contribution in [3.8, 4) is 16.6 Å². The SMILES string of the molecule is Cn1nccc1-c1ccc(C#N)s1. The first-order chi connectivity index (χ1) is 6.31. The highest BCUT2D eigenvalue weighted by Gasteiger charge is 2.05. The maximum Gasteiger partial charge on any atom is 0.110 e. The van der Waals surface area contributed by atoms with Crippen LogP contribution in [0.5, 0.6) is 0 Å². The van der Waals surface area contributed by atoms with E-state index in [-0.39, 0.29) is 0 Å². The van der Waals surface area contributed by atoms with Crippen LogP contribution in [0, 0.1) is 11.3 Å². The third kappa shape index (κ3) is 1.34. The molecule has 4 heteroatoms. The molecule has 3 nitrogen and oxygen atoms in total. The summed E-state index contributed by atoms with van der Waals surface area (Å²) in [5.41, 5.74) is 1.05. The molecule has 2 aromatic rings. The van der Waals surface area contributed by atoms with Gasteiger partial charge in [-0.1, -0.05) is 0 Å². The van der Waals surface area contributed by atoms with Gasteiger partial charge in [0.25, 0.3) is 0 Å². The van der Waals surface area contributed by atoms with Gasteiger partial charge in [-0.25, -0.2) is 0 Å². The Bertz CT molecular complexity index is 461. The minimum Gasteiger partial charge on any atom is -0.267 e. The van der Waals surface area contributed by atoms with Gasteiger partial charge in [-0.2, -0.15) is 10.4 Å². The molecule has 13 heavy (non-hydrogen) atoms. The second kappa shape index (κ2) is 3.04. The second-order valence-electron chi connectivity index (χ2n) is 2.62. The van der Waals surface area contributed by atoms with Crippen LogP contribution >= 0.6 is 11.3 Å². The number of nitrogens with zero attached hydrogens (tertiary/aromatic N) is 3. The Kier molecular flexibility index (Phi) is 1.87. The lowest BCUT2D eigenvalue weighted by Crippen LogP contribution is -1.90. The van der Waals surface area contributed by atoms with Crippen molar-refractivity contribution in [1.29, 1.82) is 5.26 Å². The van der Waals surface area contributed by atoms with Crippen molar-refractivity contribution in [3.05, 3.63) is 29.3 Å². The molecule has 0 N–H and O–H groups in total. The van der Waals surface area contributed by atoms with Crippen LogP contribution in [0.1, 0.15) is 4.88 Å². The fourth-order valence-corrected chi connectivity index (χ4v) is 2.01. The molecule has 0 saturated heterocycles. The molecule has 0 aliphatic heterocycles. The molecule has 0 aliphatic carbocycles. The quantitative estimate of drug-likeness (QED) is 0.688. The first-order valence-electron chi connectivity index (χ1n) is 3.79. The number of hydrogen-bond donors (Lipinski definition) is 0. The van der Waals surface area contributed by atoms with Gasteiger partial charge in [-0.05, 0) is 18.2 Å². The molecule has 0 unspecified atom stereocenters. The fraction of sp³-hybridized carbons (Fsp3) is 0.111. The van der Waals surface area contributed by atoms with Crippen LogP contribution in [0.2, 0.25) is 0 Å². The van der Waals surface area contributed by atoms with Gasteiger partial charge in [0.1, 0.15) is 10.9 Å². The lowest BCUT2D eigenvalue weighted by molar-refractivity contribution is 0.777. The summed E-state index contributed by atoms with van der Waals surface area (Å²) in [7, 11) is 1.89. The van der Waals surface area contributed by atoms with Gasteiger partial charge >= 0.3 is 0 Å². The summed E-state index contributed by atoms with van der Waals surface area (Å²) in [6, 6.07) is 7.83. The lowest BCUT2D eigenvalue weighted by Gasteiger charge is -1.95. The first kappa shape index (κ1) is 8.02. The van der Waals surface area contributed by atoms with Crippen LogP contribution in [0.25, 0.3) is 10.6 Å². The minimum atomic E-state index is 0.733. The highest BCUT2D eigenvalue weighted by Crippen LogP contribution is 2.26. The van der Waals surface area contributed by atoms with Gasteiger partial charge in [-0.3, -0.25) is 4.68 Å². The minimum absolute atomic E-state index is 0.733. The summed E-state index contributed by atoms with van der Waals surface area (Å²) in [6.45, 7) is 0. The molecule has 0 radical (unpaired) electrons. The van der Waals surface area contributed by atoms with Crippen LogP contribution in [-0.4, -0.2) is 9.78 Å². The highest BCUT2D eigenvalue weighted by molar-refractivity contribution is 7.15. The lowest BCUT2D eigenvalue weighted by atomic mass is 10.3. The van der Waals surface area contributed by atoms with Crippen molar-refractivity contribution in [1.82, 2.24) is 9.78 Å². The van der Waals surface area contributed by atoms with E-state index in [1.165, 1.54) is 11.3 Å². The molecule has 0 atom stereocenters. The van der Waals surface area contributed by atoms with E-state index in [1.54, 1.807) is 10.9 Å². The maximum absolute atomic E-state index is 8.66. The van der Waals surface area contributed by atoms with Gasteiger partial charge in [0.2, 0.25) is 0 Å². The van der Waals surface area contributed by atoms with Crippen molar-refractivity contribution in [3.63, 3.8) is 0 Å². The average molecular weight is 189 g/mol. The summed E-state index contributed by atoms with van der Waals surface area (Å²) in [5.74, 6) is 0. The average Bonchev–Trinajstić information content (AvgIpc) is 2.71. The molecule has 0 aromatic carbocycles. The Balaban J connectivity index is 2.48. The molecule has 0 bridgehead atoms. The fourth-order valence-electron chi connectivity index (χ4n) is 1.15. The van der Waals surface area contributed by atoms with E-state index < -0.39 is 0 Å². The van der Waals surface area contributed by atoms with Gasteiger partial charge in [-0.15, -0.1) is 11.3 Å². The number of rotatable bonds is 1. The summed E-state index contributed by atoms with van der Waals surface area (Å²) in [6.07, 6.45) is 1.75. The molecular weight excluding hydrogens is 182 g/mol. The summed E-state index contributed by atoms with van der Waals surface area (Å²) >= 11 is 1.48. The zero-order valence-corrected chi connectivity index (χ0v) is 7.88. The van der Waals surface area contributed by atoms with E-state index in [0.29, 0.717) is 0 Å². The molecule has 0 fully saturated rings. The number of aromatic nitrogens is 2. The van der Waals surface area contributed by atoms with E-state index >= 15 is 0 Å². The van der Waals surface area contributed by atoms with Crippen LogP contribution in [0.15, 0.2) is 24.4 Å². The Morgan fingerprint density at radius 1 is 1.46 bits per heavy atom. The van der Waals surface area contributed by atoms with Gasteiger partial charge in [0.15, 0.2) is 0 Å². The topological polar surface area (TPSA) is 41.6 Å². The molecule has 2 heterocycles. The van der Waals surface area contributed by atoms with Gasteiger partial charge in [0.05, 0.1) is 10.6 Å². The number of nitriles is 1. The molecule has 0 spiro atoms. The Hall–Kier alpha value is -1.60. The van der Waals surface area contributed by atoms with E-state index in [2.05, 4.69) is 11.2 Å². The number of aryl methyl sites for hydroxylation is 1. The van der Waals surface area contributed by atoms with Crippen molar-refractivity contribution in [2.75, 3.05) is 0 Å². The van der Waals surface area contributed by atoms with E-state index in [4.69, 9.17) is 5.26 Å². The zero-order chi connectivity index (χ0) is 9.26. The molecular formula is C9H7N3S. The van der Waals surface area contributed by atoms with Crippen molar-refractivity contribution in [2.24, 2.45) is 7.05 Å². The number of thiophene rings is 1. The van der Waals surface area contributed by atoms with E-state index in [9.17, 15) is 0 Å². The van der Waals surface area contributed by atoms with E-state index in [0.717, 1.165) is 15.4 Å². The van der Waals surface area contributed by atoms with Gasteiger partial charge < -0.3 is 0 Å². The van der Waals surface area contributed by atoms with Crippen LogP contribution in [0.4, 0.5) is 0 Å². The largest absolute Gasteiger partial charge is 0.267 e. The number of hydrogen-bond acceptors (Lipinski definition) is 3. The predicted molar refractivity (Wildman–Crippen MR) is 51.2 cm³/mol. The third-order valence-corrected chi connectivity index (χ3v) is 2.80. The summed E-state index contributed by atoms with van der Waals surface area (Å²) in [4.78, 5) is 1.81. The van der Waals surface area contributed by atoms with Gasteiger partial charge in [0, 0.05) is 13.2 Å². The van der Waals surface area contributed by atoms with Crippen LogP contribution in [0.3, 0.4) is 0 Å². The van der Waals surface area contributed by atoms with Crippen LogP contribution < -0.4 is 0 Å². The third-order valence-electron chi connectivity index (χ3n) is 1.79. The molecule has 2 aromatic heterocycles. The Morgan fingerprint density at radius 2 is 2.31 bits per heavy atom. The second-order valence-corrected chi connectivity index (χ2v) is 3.70. The molecule has 0 amide bonds. The summed E-state index contributed by atoms with van der Waals surface area (Å²) < 4.78 is 1.80. The van der Waals surface area contributed by atoms with E-state index in [1.807, 2.05) is 25.2 Å². The monoisotopic (exact) mass is 189 g/mol. The Morgan fingerprint density at radius 3 is 2.85 bits per heavy atom. The normalized spacial score (nSPS) is 9.85. The highest BCUT2D eigenvalue weighted by atomic mass is 32.1. The van der Waals surface area contributed by atoms with Crippen LogP contribution in [-0.2, 0) is 7.05 Å². The van der Waals surface area contributed by atoms with Crippen molar-refractivity contribution >= 4 is 11.3 Å². The Labute approximate surface area is 79.9 Å². The molecule has 2 rings (SSSR count). The predicted octanol–water partition coefficient (Wildman–Crippen LogP) is 2.02. The molecule has 0 saturated carbocycles. The van der Waals surface area contributed by atoms with Crippen molar-refractivity contribution < 1.29 is 0 Å². The smallest absolute Gasteiger partial charge is 0.110 e. The standard InChI is InChI=1S/C9H7N3S/c1-12-8(4-5-11-12)9-3-2-7(6-10)13-9/h2-5H,1H3. The summed E-state index contributed by atoms with van der Waals surface area (Å²) in [5, 5.41) is 12.7. The zero-order valence-electron chi connectivity index (χ0n) is 7.06. The first-order valence-corrected chi connectivity index (χ1v) is 4.61. The molecule has 64 valence electrons. The van der Waals surface area contributed by atoms with Crippen molar-refractivity contribution in [2.45, 2.75) is 0 Å².